The van der Waals surface area contributed by atoms with Crippen molar-refractivity contribution in [3.63, 3.8) is 0 Å². The van der Waals surface area contributed by atoms with Crippen LogP contribution in [-0.4, -0.2) is 5.11 Å². The molecule has 0 aliphatic heterocycles. The van der Waals surface area contributed by atoms with Gasteiger partial charge in [0.25, 0.3) is 0 Å². The number of hydrogen-bond acceptors (Lipinski definition) is 1. The molecule has 0 heterocycles. The number of aryl methyl sites for hydroxylation is 2. The number of hydrogen-bond donors (Lipinski definition) is 1. The van der Waals surface area contributed by atoms with E-state index in [1.165, 1.54) is 36.0 Å². The van der Waals surface area contributed by atoms with E-state index >= 15 is 0 Å². The minimum atomic E-state index is -0.496. The molecule has 2 aromatic carbocycles. The van der Waals surface area contributed by atoms with Crippen LogP contribution in [0, 0.1) is 3.57 Å². The molecule has 3 heteroatoms. The van der Waals surface area contributed by atoms with Gasteiger partial charge in [-0.15, -0.1) is 0 Å². The Hall–Kier alpha value is -0.580. The van der Waals surface area contributed by atoms with Crippen LogP contribution in [0.15, 0.2) is 36.4 Å². The summed E-state index contributed by atoms with van der Waals surface area (Å²) < 4.78 is 1.01. The first-order valence-corrected chi connectivity index (χ1v) is 8.33. The lowest BCUT2D eigenvalue weighted by Gasteiger charge is -2.13. The molecule has 3 rings (SSSR count). The maximum Gasteiger partial charge on any atom is 0.0830 e. The highest BCUT2D eigenvalue weighted by molar-refractivity contribution is 14.1. The van der Waals surface area contributed by atoms with Gasteiger partial charge in [0.05, 0.1) is 11.1 Å². The minimum Gasteiger partial charge on any atom is -0.388 e. The van der Waals surface area contributed by atoms with E-state index in [1.54, 1.807) is 0 Å². The van der Waals surface area contributed by atoms with E-state index < -0.39 is 6.10 Å². The van der Waals surface area contributed by atoms with E-state index in [0.29, 0.717) is 11.4 Å². The van der Waals surface area contributed by atoms with Crippen LogP contribution >= 0.6 is 34.2 Å². The molecule has 1 unspecified atom stereocenters. The summed E-state index contributed by atoms with van der Waals surface area (Å²) in [6.07, 6.45) is 3.78. The first-order valence-electron chi connectivity index (χ1n) is 6.87. The summed E-state index contributed by atoms with van der Waals surface area (Å²) in [7, 11) is 0. The molecule has 0 spiro atoms. The maximum atomic E-state index is 10.4. The van der Waals surface area contributed by atoms with Crippen molar-refractivity contribution in [1.29, 1.82) is 0 Å². The van der Waals surface area contributed by atoms with E-state index in [9.17, 15) is 5.11 Å². The van der Waals surface area contributed by atoms with Gasteiger partial charge in [-0.3, -0.25) is 0 Å². The molecule has 0 saturated carbocycles. The topological polar surface area (TPSA) is 20.2 Å². The highest BCUT2D eigenvalue weighted by Gasteiger charge is 2.14. The average Bonchev–Trinajstić information content (AvgIpc) is 2.89. The van der Waals surface area contributed by atoms with Gasteiger partial charge < -0.3 is 5.11 Å². The molecule has 0 amide bonds. The maximum absolute atomic E-state index is 10.4. The standard InChI is InChI=1S/C17H16ClIO/c18-15-10-14(6-7-16(15)19)17(20)9-11-4-5-12-2-1-3-13(12)8-11/h4-8,10,17,20H,1-3,9H2. The fourth-order valence-corrected chi connectivity index (χ4v) is 3.34. The smallest absolute Gasteiger partial charge is 0.0830 e. The Bertz CT molecular complexity index is 639. The minimum absolute atomic E-state index is 0.496. The summed E-state index contributed by atoms with van der Waals surface area (Å²) in [5.74, 6) is 0. The fraction of sp³-hybridized carbons (Fsp3) is 0.294. The number of fused-ring (bicyclic) bond motifs is 1. The lowest BCUT2D eigenvalue weighted by Crippen LogP contribution is -2.02. The molecule has 0 fully saturated rings. The third kappa shape index (κ3) is 3.02. The van der Waals surface area contributed by atoms with Crippen molar-refractivity contribution in [2.24, 2.45) is 0 Å². The molecule has 20 heavy (non-hydrogen) atoms. The molecular weight excluding hydrogens is 383 g/mol. The van der Waals surface area contributed by atoms with Gasteiger partial charge in [-0.2, -0.15) is 0 Å². The van der Waals surface area contributed by atoms with Gasteiger partial charge in [0.2, 0.25) is 0 Å². The molecule has 0 aromatic heterocycles. The zero-order valence-electron chi connectivity index (χ0n) is 11.1. The first-order chi connectivity index (χ1) is 9.63. The van der Waals surface area contributed by atoms with E-state index in [4.69, 9.17) is 11.6 Å². The Morgan fingerprint density at radius 2 is 1.90 bits per heavy atom. The van der Waals surface area contributed by atoms with E-state index in [-0.39, 0.29) is 0 Å². The summed E-state index contributed by atoms with van der Waals surface area (Å²) in [6.45, 7) is 0. The summed E-state index contributed by atoms with van der Waals surface area (Å²) in [4.78, 5) is 0. The normalized spacial score (nSPS) is 15.2. The number of aliphatic hydroxyl groups is 1. The second-order valence-electron chi connectivity index (χ2n) is 5.35. The fourth-order valence-electron chi connectivity index (χ4n) is 2.81. The second kappa shape index (κ2) is 6.04. The van der Waals surface area contributed by atoms with Crippen LogP contribution in [0.3, 0.4) is 0 Å². The lowest BCUT2D eigenvalue weighted by molar-refractivity contribution is 0.178. The summed E-state index contributed by atoms with van der Waals surface area (Å²) in [5.41, 5.74) is 5.01. The number of halogens is 2. The van der Waals surface area contributed by atoms with Crippen LogP contribution in [0.25, 0.3) is 0 Å². The summed E-state index contributed by atoms with van der Waals surface area (Å²) >= 11 is 8.31. The molecular formula is C17H16ClIO. The predicted octanol–water partition coefficient (Wildman–Crippen LogP) is 4.71. The molecule has 0 saturated heterocycles. The summed E-state index contributed by atoms with van der Waals surface area (Å²) in [5, 5.41) is 11.1. The molecule has 0 radical (unpaired) electrons. The van der Waals surface area contributed by atoms with Crippen LogP contribution in [0.5, 0.6) is 0 Å². The van der Waals surface area contributed by atoms with Crippen LogP contribution in [0.2, 0.25) is 5.02 Å². The van der Waals surface area contributed by atoms with Gasteiger partial charge in [-0.05, 0) is 76.2 Å². The third-order valence-electron chi connectivity index (χ3n) is 3.92. The summed E-state index contributed by atoms with van der Waals surface area (Å²) in [6, 6.07) is 12.4. The number of benzene rings is 2. The van der Waals surface area contributed by atoms with E-state index in [0.717, 1.165) is 9.13 Å². The van der Waals surface area contributed by atoms with Gasteiger partial charge in [-0.25, -0.2) is 0 Å². The molecule has 104 valence electrons. The van der Waals surface area contributed by atoms with Gasteiger partial charge in [0.15, 0.2) is 0 Å². The molecule has 1 atom stereocenters. The van der Waals surface area contributed by atoms with Crippen molar-refractivity contribution in [3.8, 4) is 0 Å². The first kappa shape index (κ1) is 14.4. The molecule has 2 aromatic rings. The highest BCUT2D eigenvalue weighted by Crippen LogP contribution is 2.27. The molecule has 1 aliphatic carbocycles. The van der Waals surface area contributed by atoms with E-state index in [1.807, 2.05) is 18.2 Å². The van der Waals surface area contributed by atoms with Crippen LogP contribution in [0.1, 0.15) is 34.8 Å². The predicted molar refractivity (Wildman–Crippen MR) is 91.3 cm³/mol. The average molecular weight is 399 g/mol. The Morgan fingerprint density at radius 3 is 2.70 bits per heavy atom. The largest absolute Gasteiger partial charge is 0.388 e. The van der Waals surface area contributed by atoms with Crippen molar-refractivity contribution < 1.29 is 5.11 Å². The zero-order valence-corrected chi connectivity index (χ0v) is 14.0. The number of rotatable bonds is 3. The van der Waals surface area contributed by atoms with E-state index in [2.05, 4.69) is 40.8 Å². The van der Waals surface area contributed by atoms with Crippen molar-refractivity contribution in [1.82, 2.24) is 0 Å². The van der Waals surface area contributed by atoms with Gasteiger partial charge >= 0.3 is 0 Å². The van der Waals surface area contributed by atoms with Crippen molar-refractivity contribution in [3.05, 3.63) is 67.2 Å². The zero-order chi connectivity index (χ0) is 14.1. The molecule has 1 N–H and O–H groups in total. The highest BCUT2D eigenvalue weighted by atomic mass is 127. The quantitative estimate of drug-likeness (QED) is 0.743. The van der Waals surface area contributed by atoms with Crippen LogP contribution in [-0.2, 0) is 19.3 Å². The Morgan fingerprint density at radius 1 is 1.10 bits per heavy atom. The second-order valence-corrected chi connectivity index (χ2v) is 6.92. The number of aliphatic hydroxyl groups excluding tert-OH is 1. The SMILES string of the molecule is OC(Cc1ccc2c(c1)CCC2)c1ccc(I)c(Cl)c1. The van der Waals surface area contributed by atoms with Gasteiger partial charge in [0, 0.05) is 9.99 Å². The van der Waals surface area contributed by atoms with Crippen LogP contribution in [0.4, 0.5) is 0 Å². The van der Waals surface area contributed by atoms with Crippen LogP contribution < -0.4 is 0 Å². The van der Waals surface area contributed by atoms with Gasteiger partial charge in [-0.1, -0.05) is 35.9 Å². The molecule has 1 aliphatic rings. The Labute approximate surface area is 138 Å². The Balaban J connectivity index is 1.78. The van der Waals surface area contributed by atoms with Crippen molar-refractivity contribution >= 4 is 34.2 Å². The van der Waals surface area contributed by atoms with Crippen molar-refractivity contribution in [2.75, 3.05) is 0 Å². The third-order valence-corrected chi connectivity index (χ3v) is 5.49. The molecule has 0 bridgehead atoms. The Kier molecular flexibility index (Phi) is 4.34. The monoisotopic (exact) mass is 398 g/mol. The lowest BCUT2D eigenvalue weighted by atomic mass is 9.98. The van der Waals surface area contributed by atoms with Crippen molar-refractivity contribution in [2.45, 2.75) is 31.8 Å². The van der Waals surface area contributed by atoms with Gasteiger partial charge in [0.1, 0.15) is 0 Å². The molecule has 1 nitrogen and oxygen atoms in total.